The van der Waals surface area contributed by atoms with Crippen molar-refractivity contribution in [1.82, 2.24) is 10.1 Å². The molecule has 2 N–H and O–H groups in total. The van der Waals surface area contributed by atoms with Gasteiger partial charge in [-0.1, -0.05) is 18.0 Å². The van der Waals surface area contributed by atoms with Gasteiger partial charge in [-0.3, -0.25) is 4.79 Å². The highest BCUT2D eigenvalue weighted by molar-refractivity contribution is 7.17. The highest BCUT2D eigenvalue weighted by Gasteiger charge is 2.36. The number of nitrogens with zero attached hydrogens (tertiary/aromatic N) is 2. The Bertz CT molecular complexity index is 611. The summed E-state index contributed by atoms with van der Waals surface area (Å²) >= 11 is 1.36. The molecule has 0 unspecified atom stereocenters. The molecule has 2 aromatic rings. The number of hydrogen-bond acceptors (Lipinski definition) is 6. The third-order valence-corrected chi connectivity index (χ3v) is 4.70. The van der Waals surface area contributed by atoms with E-state index in [2.05, 4.69) is 10.1 Å². The van der Waals surface area contributed by atoms with E-state index in [0.29, 0.717) is 16.6 Å². The van der Waals surface area contributed by atoms with Crippen molar-refractivity contribution in [3.8, 4) is 10.8 Å². The Morgan fingerprint density at radius 2 is 2.16 bits per heavy atom. The van der Waals surface area contributed by atoms with Crippen LogP contribution in [0.4, 0.5) is 0 Å². The van der Waals surface area contributed by atoms with Crippen LogP contribution < -0.4 is 5.73 Å². The standard InChI is InChI=1S/C13H15N3O2S/c1-8(17)9-4-5-10(19-9)11-15-12(16-18-11)13(14)6-2-3-7-13/h4-5H,2-3,6-7,14H2,1H3. The van der Waals surface area contributed by atoms with Gasteiger partial charge in [-0.25, -0.2) is 0 Å². The summed E-state index contributed by atoms with van der Waals surface area (Å²) in [5, 5.41) is 4.01. The van der Waals surface area contributed by atoms with Crippen LogP contribution in [0.1, 0.15) is 48.1 Å². The molecule has 0 bridgehead atoms. The first-order valence-corrected chi connectivity index (χ1v) is 7.14. The number of rotatable bonds is 3. The van der Waals surface area contributed by atoms with E-state index >= 15 is 0 Å². The molecule has 0 radical (unpaired) electrons. The molecule has 1 fully saturated rings. The summed E-state index contributed by atoms with van der Waals surface area (Å²) in [5.74, 6) is 1.07. The second kappa shape index (κ2) is 4.54. The van der Waals surface area contributed by atoms with E-state index in [1.807, 2.05) is 6.07 Å². The van der Waals surface area contributed by atoms with Gasteiger partial charge in [-0.2, -0.15) is 4.98 Å². The molecule has 0 atom stereocenters. The Morgan fingerprint density at radius 3 is 2.79 bits per heavy atom. The third-order valence-electron chi connectivity index (χ3n) is 3.53. The minimum atomic E-state index is -0.442. The first-order chi connectivity index (χ1) is 9.08. The fourth-order valence-electron chi connectivity index (χ4n) is 2.40. The molecular formula is C13H15N3O2S. The number of aromatic nitrogens is 2. The van der Waals surface area contributed by atoms with E-state index in [0.717, 1.165) is 30.6 Å². The van der Waals surface area contributed by atoms with Crippen LogP contribution in [0.15, 0.2) is 16.7 Å². The lowest BCUT2D eigenvalue weighted by Crippen LogP contribution is -2.34. The van der Waals surface area contributed by atoms with Crippen LogP contribution in [0.5, 0.6) is 0 Å². The van der Waals surface area contributed by atoms with E-state index in [1.165, 1.54) is 11.3 Å². The predicted molar refractivity (Wildman–Crippen MR) is 71.9 cm³/mol. The van der Waals surface area contributed by atoms with E-state index in [4.69, 9.17) is 10.3 Å². The quantitative estimate of drug-likeness (QED) is 0.872. The molecule has 0 aliphatic heterocycles. The first-order valence-electron chi connectivity index (χ1n) is 6.33. The van der Waals surface area contributed by atoms with Gasteiger partial charge in [0.1, 0.15) is 0 Å². The topological polar surface area (TPSA) is 82.0 Å². The zero-order valence-electron chi connectivity index (χ0n) is 10.7. The number of nitrogens with two attached hydrogens (primary N) is 1. The Labute approximate surface area is 114 Å². The van der Waals surface area contributed by atoms with Crippen molar-refractivity contribution in [1.29, 1.82) is 0 Å². The van der Waals surface area contributed by atoms with Crippen LogP contribution in [0.3, 0.4) is 0 Å². The Kier molecular flexibility index (Phi) is 2.99. The van der Waals surface area contributed by atoms with Crippen LogP contribution >= 0.6 is 11.3 Å². The number of hydrogen-bond donors (Lipinski definition) is 1. The number of Topliss-reactive ketones (excluding diaryl/α,β-unsaturated/α-hetero) is 1. The largest absolute Gasteiger partial charge is 0.333 e. The van der Waals surface area contributed by atoms with Gasteiger partial charge in [0.15, 0.2) is 11.6 Å². The van der Waals surface area contributed by atoms with E-state index in [9.17, 15) is 4.79 Å². The molecule has 1 saturated carbocycles. The van der Waals surface area contributed by atoms with Crippen LogP contribution in [0.25, 0.3) is 10.8 Å². The van der Waals surface area contributed by atoms with Crippen molar-refractivity contribution in [2.45, 2.75) is 38.1 Å². The monoisotopic (exact) mass is 277 g/mol. The van der Waals surface area contributed by atoms with Crippen LogP contribution in [0.2, 0.25) is 0 Å². The van der Waals surface area contributed by atoms with Gasteiger partial charge in [0.25, 0.3) is 5.89 Å². The van der Waals surface area contributed by atoms with Crippen molar-refractivity contribution in [3.63, 3.8) is 0 Å². The van der Waals surface area contributed by atoms with E-state index in [1.54, 1.807) is 13.0 Å². The fourth-order valence-corrected chi connectivity index (χ4v) is 3.22. The lowest BCUT2D eigenvalue weighted by molar-refractivity contribution is 0.102. The van der Waals surface area contributed by atoms with Crippen molar-refractivity contribution < 1.29 is 9.32 Å². The van der Waals surface area contributed by atoms with E-state index in [-0.39, 0.29) is 5.78 Å². The van der Waals surface area contributed by atoms with Crippen molar-refractivity contribution in [2.24, 2.45) is 5.73 Å². The molecule has 19 heavy (non-hydrogen) atoms. The van der Waals surface area contributed by atoms with Gasteiger partial charge in [-0.05, 0) is 31.9 Å². The Balaban J connectivity index is 1.90. The maximum absolute atomic E-state index is 11.3. The molecule has 1 aliphatic rings. The summed E-state index contributed by atoms with van der Waals surface area (Å²) in [6.07, 6.45) is 4.01. The highest BCUT2D eigenvalue weighted by Crippen LogP contribution is 2.36. The molecule has 0 amide bonds. The van der Waals surface area contributed by atoms with Crippen LogP contribution in [0, 0.1) is 0 Å². The molecule has 1 aliphatic carbocycles. The Hall–Kier alpha value is -1.53. The van der Waals surface area contributed by atoms with E-state index < -0.39 is 5.54 Å². The molecule has 3 rings (SSSR count). The maximum Gasteiger partial charge on any atom is 0.268 e. The average molecular weight is 277 g/mol. The second-order valence-corrected chi connectivity index (χ2v) is 6.09. The summed E-state index contributed by atoms with van der Waals surface area (Å²) < 4.78 is 5.28. The summed E-state index contributed by atoms with van der Waals surface area (Å²) in [6.45, 7) is 1.54. The summed E-state index contributed by atoms with van der Waals surface area (Å²) in [7, 11) is 0. The number of carbonyl (C=O) groups is 1. The Morgan fingerprint density at radius 1 is 1.42 bits per heavy atom. The van der Waals surface area contributed by atoms with Gasteiger partial charge >= 0.3 is 0 Å². The normalized spacial score (nSPS) is 17.8. The van der Waals surface area contributed by atoms with Crippen LogP contribution in [-0.2, 0) is 5.54 Å². The fraction of sp³-hybridized carbons (Fsp3) is 0.462. The number of thiophene rings is 1. The lowest BCUT2D eigenvalue weighted by atomic mass is 9.99. The summed E-state index contributed by atoms with van der Waals surface area (Å²) in [5.41, 5.74) is 5.85. The predicted octanol–water partition coefficient (Wildman–Crippen LogP) is 2.73. The van der Waals surface area contributed by atoms with Gasteiger partial charge in [0.2, 0.25) is 0 Å². The first kappa shape index (κ1) is 12.5. The average Bonchev–Trinajstić information content (AvgIpc) is 3.08. The minimum absolute atomic E-state index is 0.0436. The molecule has 0 aromatic carbocycles. The smallest absolute Gasteiger partial charge is 0.268 e. The highest BCUT2D eigenvalue weighted by atomic mass is 32.1. The van der Waals surface area contributed by atoms with Gasteiger partial charge < -0.3 is 10.3 Å². The minimum Gasteiger partial charge on any atom is -0.333 e. The molecule has 0 spiro atoms. The van der Waals surface area contributed by atoms with Crippen molar-refractivity contribution in [3.05, 3.63) is 22.8 Å². The maximum atomic E-state index is 11.3. The SMILES string of the molecule is CC(=O)c1ccc(-c2nc(C3(N)CCCC3)no2)s1. The number of carbonyl (C=O) groups excluding carboxylic acids is 1. The molecule has 2 aromatic heterocycles. The molecular weight excluding hydrogens is 262 g/mol. The molecule has 5 nitrogen and oxygen atoms in total. The molecule has 6 heteroatoms. The molecule has 2 heterocycles. The molecule has 100 valence electrons. The van der Waals surface area contributed by atoms with Gasteiger partial charge in [-0.15, -0.1) is 11.3 Å². The zero-order valence-corrected chi connectivity index (χ0v) is 11.5. The second-order valence-electron chi connectivity index (χ2n) is 5.01. The summed E-state index contributed by atoms with van der Waals surface area (Å²) in [6, 6.07) is 3.61. The molecule has 0 saturated heterocycles. The van der Waals surface area contributed by atoms with Crippen molar-refractivity contribution >= 4 is 17.1 Å². The number of ketones is 1. The summed E-state index contributed by atoms with van der Waals surface area (Å²) in [4.78, 5) is 17.2. The van der Waals surface area contributed by atoms with Gasteiger partial charge in [0.05, 0.1) is 15.3 Å². The zero-order chi connectivity index (χ0) is 13.5. The lowest BCUT2D eigenvalue weighted by Gasteiger charge is -2.17. The van der Waals surface area contributed by atoms with Crippen molar-refractivity contribution in [2.75, 3.05) is 0 Å². The van der Waals surface area contributed by atoms with Gasteiger partial charge in [0, 0.05) is 0 Å². The van der Waals surface area contributed by atoms with Crippen LogP contribution in [-0.4, -0.2) is 15.9 Å². The third kappa shape index (κ3) is 2.21.